The summed E-state index contributed by atoms with van der Waals surface area (Å²) < 4.78 is 0. The smallest absolute Gasteiger partial charge is 0.247 e. The minimum absolute atomic E-state index is 0.0838. The van der Waals surface area contributed by atoms with Crippen molar-refractivity contribution in [1.29, 1.82) is 0 Å². The molecule has 1 aliphatic carbocycles. The lowest BCUT2D eigenvalue weighted by atomic mass is 9.75. The van der Waals surface area contributed by atoms with Gasteiger partial charge in [0, 0.05) is 6.04 Å². The van der Waals surface area contributed by atoms with Gasteiger partial charge < -0.3 is 10.2 Å². The molecule has 2 fully saturated rings. The molecular formula is C15H19ClN4O. The number of hydrogen-bond acceptors (Lipinski definition) is 4. The van der Waals surface area contributed by atoms with Gasteiger partial charge in [-0.1, -0.05) is 12.8 Å². The van der Waals surface area contributed by atoms with Crippen LogP contribution < -0.4 is 10.2 Å². The normalized spacial score (nSPS) is 31.0. The van der Waals surface area contributed by atoms with Gasteiger partial charge in [0.1, 0.15) is 11.7 Å². The maximum Gasteiger partial charge on any atom is 0.247 e. The second kappa shape index (κ2) is 4.83. The van der Waals surface area contributed by atoms with E-state index in [9.17, 15) is 4.79 Å². The zero-order valence-corrected chi connectivity index (χ0v) is 12.9. The number of anilines is 2. The number of carbonyl (C=O) groups excluding carboxylic acids is 1. The van der Waals surface area contributed by atoms with Crippen LogP contribution in [0.4, 0.5) is 11.5 Å². The summed E-state index contributed by atoms with van der Waals surface area (Å²) in [5.74, 6) is 1.59. The summed E-state index contributed by atoms with van der Waals surface area (Å²) in [6.07, 6.45) is 7.01. The van der Waals surface area contributed by atoms with Crippen LogP contribution in [0.2, 0.25) is 5.28 Å². The van der Waals surface area contributed by atoms with Crippen molar-refractivity contribution in [2.45, 2.75) is 57.5 Å². The molecule has 0 aromatic carbocycles. The third-order valence-electron chi connectivity index (χ3n) is 5.21. The van der Waals surface area contributed by atoms with E-state index in [-0.39, 0.29) is 17.2 Å². The van der Waals surface area contributed by atoms with Crippen molar-refractivity contribution in [3.8, 4) is 0 Å². The first-order valence-corrected chi connectivity index (χ1v) is 8.16. The summed E-state index contributed by atoms with van der Waals surface area (Å²) in [5, 5.41) is 3.25. The average Bonchev–Trinajstić information content (AvgIpc) is 2.48. The second-order valence-corrected chi connectivity index (χ2v) is 6.72. The zero-order valence-electron chi connectivity index (χ0n) is 12.1. The number of fused-ring (bicyclic) bond motifs is 5. The van der Waals surface area contributed by atoms with Crippen molar-refractivity contribution in [3.63, 3.8) is 0 Å². The number of carbonyl (C=O) groups is 1. The van der Waals surface area contributed by atoms with Gasteiger partial charge in [0.2, 0.25) is 11.2 Å². The molecule has 4 rings (SSSR count). The molecule has 3 aliphatic rings. The molecule has 2 aliphatic heterocycles. The fraction of sp³-hybridized carbons (Fsp3) is 0.667. The van der Waals surface area contributed by atoms with Crippen LogP contribution in [0.25, 0.3) is 0 Å². The molecule has 1 saturated heterocycles. The topological polar surface area (TPSA) is 58.1 Å². The molecule has 3 unspecified atom stereocenters. The molecule has 3 heterocycles. The van der Waals surface area contributed by atoms with E-state index in [4.69, 9.17) is 11.6 Å². The Morgan fingerprint density at radius 3 is 2.86 bits per heavy atom. The molecule has 1 saturated carbocycles. The fourth-order valence-corrected chi connectivity index (χ4v) is 4.47. The van der Waals surface area contributed by atoms with Crippen LogP contribution in [-0.2, 0) is 4.79 Å². The van der Waals surface area contributed by atoms with E-state index < -0.39 is 0 Å². The van der Waals surface area contributed by atoms with Gasteiger partial charge >= 0.3 is 0 Å². The second-order valence-electron chi connectivity index (χ2n) is 6.38. The highest BCUT2D eigenvalue weighted by molar-refractivity contribution is 6.28. The summed E-state index contributed by atoms with van der Waals surface area (Å²) in [6, 6.07) is 0.329. The molecule has 1 aromatic heterocycles. The van der Waals surface area contributed by atoms with Crippen molar-refractivity contribution in [1.82, 2.24) is 9.97 Å². The standard InChI is InChI=1S/C15H19ClN4O/c1-8-12-13(19-15(16)17-8)20-10-5-3-2-4-9(10)6-7-11(20)14(21)18-12/h9-11H,2-7H2,1H3,(H,18,21). The number of nitrogens with zero attached hydrogens (tertiary/aromatic N) is 3. The largest absolute Gasteiger partial charge is 0.339 e. The summed E-state index contributed by atoms with van der Waals surface area (Å²) in [6.45, 7) is 1.87. The van der Waals surface area contributed by atoms with Crippen LogP contribution in [0.15, 0.2) is 0 Å². The molecule has 1 N–H and O–H groups in total. The van der Waals surface area contributed by atoms with E-state index in [0.717, 1.165) is 36.5 Å². The van der Waals surface area contributed by atoms with Gasteiger partial charge in [-0.2, -0.15) is 4.98 Å². The molecule has 1 aromatic rings. The van der Waals surface area contributed by atoms with Crippen molar-refractivity contribution < 1.29 is 4.79 Å². The minimum atomic E-state index is -0.0952. The quantitative estimate of drug-likeness (QED) is 0.749. The lowest BCUT2D eigenvalue weighted by Crippen LogP contribution is -2.59. The Bertz CT molecular complexity index is 606. The minimum Gasteiger partial charge on any atom is -0.339 e. The summed E-state index contributed by atoms with van der Waals surface area (Å²) in [7, 11) is 0. The van der Waals surface area contributed by atoms with E-state index in [1.54, 1.807) is 0 Å². The number of amides is 1. The van der Waals surface area contributed by atoms with Gasteiger partial charge in [0.05, 0.1) is 5.69 Å². The van der Waals surface area contributed by atoms with Crippen LogP contribution in [0.1, 0.15) is 44.2 Å². The van der Waals surface area contributed by atoms with E-state index >= 15 is 0 Å². The number of aryl methyl sites for hydroxylation is 1. The predicted molar refractivity (Wildman–Crippen MR) is 81.7 cm³/mol. The number of rotatable bonds is 0. The summed E-state index contributed by atoms with van der Waals surface area (Å²) >= 11 is 6.06. The molecule has 1 amide bonds. The lowest BCUT2D eigenvalue weighted by Gasteiger charge is -2.50. The molecular weight excluding hydrogens is 288 g/mol. The number of piperidine rings is 1. The molecule has 5 nitrogen and oxygen atoms in total. The Morgan fingerprint density at radius 1 is 1.19 bits per heavy atom. The van der Waals surface area contributed by atoms with E-state index in [1.165, 1.54) is 19.3 Å². The first-order valence-electron chi connectivity index (χ1n) is 7.78. The van der Waals surface area contributed by atoms with Gasteiger partial charge in [0.25, 0.3) is 0 Å². The fourth-order valence-electron chi connectivity index (χ4n) is 4.26. The Hall–Kier alpha value is -1.36. The van der Waals surface area contributed by atoms with E-state index in [1.807, 2.05) is 6.92 Å². The first-order chi connectivity index (χ1) is 10.1. The highest BCUT2D eigenvalue weighted by atomic mass is 35.5. The van der Waals surface area contributed by atoms with Crippen LogP contribution in [0.5, 0.6) is 0 Å². The molecule has 0 spiro atoms. The Morgan fingerprint density at radius 2 is 2.00 bits per heavy atom. The third-order valence-corrected chi connectivity index (χ3v) is 5.38. The van der Waals surface area contributed by atoms with Crippen molar-refractivity contribution in [2.24, 2.45) is 5.92 Å². The van der Waals surface area contributed by atoms with Gasteiger partial charge in [-0.15, -0.1) is 0 Å². The number of hydrogen-bond donors (Lipinski definition) is 1. The van der Waals surface area contributed by atoms with Gasteiger partial charge in [-0.3, -0.25) is 4.79 Å². The molecule has 112 valence electrons. The molecule has 0 radical (unpaired) electrons. The van der Waals surface area contributed by atoms with Crippen LogP contribution >= 0.6 is 11.6 Å². The lowest BCUT2D eigenvalue weighted by molar-refractivity contribution is -0.118. The van der Waals surface area contributed by atoms with Gasteiger partial charge in [-0.25, -0.2) is 4.98 Å². The molecule has 21 heavy (non-hydrogen) atoms. The number of nitrogens with one attached hydrogen (secondary N) is 1. The van der Waals surface area contributed by atoms with E-state index in [0.29, 0.717) is 12.0 Å². The third kappa shape index (κ3) is 2.01. The summed E-state index contributed by atoms with van der Waals surface area (Å²) in [4.78, 5) is 23.3. The maximum atomic E-state index is 12.5. The monoisotopic (exact) mass is 306 g/mol. The van der Waals surface area contributed by atoms with Crippen LogP contribution in [0.3, 0.4) is 0 Å². The number of halogens is 1. The van der Waals surface area contributed by atoms with Crippen LogP contribution in [-0.4, -0.2) is 28.0 Å². The van der Waals surface area contributed by atoms with Gasteiger partial charge in [0.15, 0.2) is 5.82 Å². The van der Waals surface area contributed by atoms with Crippen molar-refractivity contribution in [2.75, 3.05) is 10.2 Å². The highest BCUT2D eigenvalue weighted by Gasteiger charge is 2.45. The van der Waals surface area contributed by atoms with Crippen molar-refractivity contribution in [3.05, 3.63) is 11.0 Å². The average molecular weight is 307 g/mol. The molecule has 6 heteroatoms. The highest BCUT2D eigenvalue weighted by Crippen LogP contribution is 2.44. The molecule has 3 atom stereocenters. The van der Waals surface area contributed by atoms with E-state index in [2.05, 4.69) is 20.2 Å². The SMILES string of the molecule is Cc1nc(Cl)nc2c1NC(=O)C1CCC3CCCCC3N21. The molecule has 0 bridgehead atoms. The van der Waals surface area contributed by atoms with Gasteiger partial charge in [-0.05, 0) is 50.1 Å². The number of aromatic nitrogens is 2. The Balaban J connectivity index is 1.84. The maximum absolute atomic E-state index is 12.5. The van der Waals surface area contributed by atoms with Crippen LogP contribution in [0, 0.1) is 12.8 Å². The Kier molecular flexibility index (Phi) is 3.06. The zero-order chi connectivity index (χ0) is 14.6. The summed E-state index contributed by atoms with van der Waals surface area (Å²) in [5.41, 5.74) is 1.49. The van der Waals surface area contributed by atoms with Crippen molar-refractivity contribution >= 4 is 29.0 Å². The predicted octanol–water partition coefficient (Wildman–Crippen LogP) is 2.92. The Labute approximate surface area is 129 Å². The first kappa shape index (κ1) is 13.3.